The van der Waals surface area contributed by atoms with E-state index in [1.54, 1.807) is 12.3 Å². The third-order valence-corrected chi connectivity index (χ3v) is 5.06. The van der Waals surface area contributed by atoms with Crippen molar-refractivity contribution in [1.82, 2.24) is 19.6 Å². The minimum absolute atomic E-state index is 0.122. The summed E-state index contributed by atoms with van der Waals surface area (Å²) in [6.07, 6.45) is 1.77. The average Bonchev–Trinajstić information content (AvgIpc) is 2.70. The van der Waals surface area contributed by atoms with E-state index in [4.69, 9.17) is 0 Å². The van der Waals surface area contributed by atoms with Crippen LogP contribution in [0.5, 0.6) is 0 Å². The first-order chi connectivity index (χ1) is 13.2. The molecule has 0 spiro atoms. The maximum Gasteiger partial charge on any atom is 0.272 e. The van der Waals surface area contributed by atoms with Crippen molar-refractivity contribution >= 4 is 0 Å². The molecule has 1 aliphatic rings. The monoisotopic (exact) mass is 360 g/mol. The van der Waals surface area contributed by atoms with Crippen molar-refractivity contribution in [2.75, 3.05) is 33.2 Å². The Balaban J connectivity index is 1.55. The summed E-state index contributed by atoms with van der Waals surface area (Å²) in [4.78, 5) is 17.4. The van der Waals surface area contributed by atoms with Crippen molar-refractivity contribution in [3.05, 3.63) is 82.8 Å². The second kappa shape index (κ2) is 7.86. The molecule has 0 saturated carbocycles. The standard InChI is InChI=1S/C22H24N4O/c1-24-10-12-25(13-11-24)17-18-6-5-7-19(14-18)20-15-22(27)26(23-16-20)21-8-3-2-4-9-21/h2-9,14-16H,10-13,17H2,1H3. The van der Waals surface area contributed by atoms with Crippen LogP contribution in [0.1, 0.15) is 5.56 Å². The molecule has 0 atom stereocenters. The van der Waals surface area contributed by atoms with Crippen LogP contribution >= 0.6 is 0 Å². The molecule has 0 radical (unpaired) electrons. The molecule has 2 heterocycles. The Hall–Kier alpha value is -2.76. The minimum atomic E-state index is -0.122. The second-order valence-corrected chi connectivity index (χ2v) is 7.11. The van der Waals surface area contributed by atoms with Crippen LogP contribution in [0.25, 0.3) is 16.8 Å². The lowest BCUT2D eigenvalue weighted by molar-refractivity contribution is 0.148. The predicted molar refractivity (Wildman–Crippen MR) is 108 cm³/mol. The topological polar surface area (TPSA) is 41.4 Å². The maximum absolute atomic E-state index is 12.5. The molecular weight excluding hydrogens is 336 g/mol. The molecular formula is C22H24N4O. The fourth-order valence-corrected chi connectivity index (χ4v) is 3.44. The van der Waals surface area contributed by atoms with Crippen molar-refractivity contribution in [2.24, 2.45) is 0 Å². The van der Waals surface area contributed by atoms with E-state index in [-0.39, 0.29) is 5.56 Å². The van der Waals surface area contributed by atoms with Gasteiger partial charge in [0, 0.05) is 44.4 Å². The molecule has 1 saturated heterocycles. The third kappa shape index (κ3) is 4.15. The highest BCUT2D eigenvalue weighted by atomic mass is 16.1. The maximum atomic E-state index is 12.5. The normalized spacial score (nSPS) is 15.7. The molecule has 0 amide bonds. The molecule has 0 unspecified atom stereocenters. The molecule has 0 bridgehead atoms. The van der Waals surface area contributed by atoms with Crippen molar-refractivity contribution in [3.8, 4) is 16.8 Å². The quantitative estimate of drug-likeness (QED) is 0.717. The number of hydrogen-bond acceptors (Lipinski definition) is 4. The molecule has 0 N–H and O–H groups in total. The fraction of sp³-hybridized carbons (Fsp3) is 0.273. The highest BCUT2D eigenvalue weighted by Gasteiger charge is 2.14. The van der Waals surface area contributed by atoms with Crippen LogP contribution in [0.2, 0.25) is 0 Å². The summed E-state index contributed by atoms with van der Waals surface area (Å²) in [5, 5.41) is 4.37. The van der Waals surface area contributed by atoms with E-state index in [2.05, 4.69) is 40.1 Å². The molecule has 1 aliphatic heterocycles. The van der Waals surface area contributed by atoms with Crippen LogP contribution in [0.4, 0.5) is 0 Å². The first kappa shape index (κ1) is 17.6. The highest BCUT2D eigenvalue weighted by molar-refractivity contribution is 5.62. The van der Waals surface area contributed by atoms with E-state index in [1.165, 1.54) is 10.2 Å². The van der Waals surface area contributed by atoms with Crippen molar-refractivity contribution < 1.29 is 0 Å². The number of aromatic nitrogens is 2. The number of hydrogen-bond donors (Lipinski definition) is 0. The van der Waals surface area contributed by atoms with Crippen molar-refractivity contribution in [3.63, 3.8) is 0 Å². The van der Waals surface area contributed by atoms with E-state index < -0.39 is 0 Å². The zero-order chi connectivity index (χ0) is 18.6. The molecule has 5 nitrogen and oxygen atoms in total. The summed E-state index contributed by atoms with van der Waals surface area (Å²) in [6.45, 7) is 5.35. The first-order valence-electron chi connectivity index (χ1n) is 9.34. The van der Waals surface area contributed by atoms with Crippen LogP contribution in [0.3, 0.4) is 0 Å². The van der Waals surface area contributed by atoms with E-state index >= 15 is 0 Å². The minimum Gasteiger partial charge on any atom is -0.304 e. The van der Waals surface area contributed by atoms with Gasteiger partial charge in [-0.15, -0.1) is 0 Å². The number of benzene rings is 2. The molecule has 1 aromatic heterocycles. The van der Waals surface area contributed by atoms with Gasteiger partial charge in [-0.1, -0.05) is 36.4 Å². The number of piperazine rings is 1. The summed E-state index contributed by atoms with van der Waals surface area (Å²) < 4.78 is 1.43. The van der Waals surface area contributed by atoms with Crippen LogP contribution in [-0.2, 0) is 6.54 Å². The van der Waals surface area contributed by atoms with E-state index in [1.807, 2.05) is 36.4 Å². The molecule has 1 fully saturated rings. The molecule has 138 valence electrons. The fourth-order valence-electron chi connectivity index (χ4n) is 3.44. The molecule has 3 aromatic rings. The van der Waals surface area contributed by atoms with Crippen LogP contribution in [-0.4, -0.2) is 52.8 Å². The van der Waals surface area contributed by atoms with Gasteiger partial charge in [-0.3, -0.25) is 9.69 Å². The Morgan fingerprint density at radius 3 is 2.41 bits per heavy atom. The molecule has 0 aliphatic carbocycles. The second-order valence-electron chi connectivity index (χ2n) is 7.11. The summed E-state index contributed by atoms with van der Waals surface area (Å²) >= 11 is 0. The number of rotatable bonds is 4. The van der Waals surface area contributed by atoms with Gasteiger partial charge in [0.05, 0.1) is 11.9 Å². The largest absolute Gasteiger partial charge is 0.304 e. The van der Waals surface area contributed by atoms with Gasteiger partial charge >= 0.3 is 0 Å². The highest BCUT2D eigenvalue weighted by Crippen LogP contribution is 2.20. The Bertz CT molecular complexity index is 959. The van der Waals surface area contributed by atoms with Crippen LogP contribution in [0.15, 0.2) is 71.7 Å². The Kier molecular flexibility index (Phi) is 5.14. The van der Waals surface area contributed by atoms with Gasteiger partial charge in [0.1, 0.15) is 0 Å². The first-order valence-corrected chi connectivity index (χ1v) is 9.34. The lowest BCUT2D eigenvalue weighted by atomic mass is 10.0. The van der Waals surface area contributed by atoms with Gasteiger partial charge in [0.25, 0.3) is 5.56 Å². The number of nitrogens with zero attached hydrogens (tertiary/aromatic N) is 4. The zero-order valence-electron chi connectivity index (χ0n) is 15.6. The van der Waals surface area contributed by atoms with E-state index in [0.29, 0.717) is 0 Å². The molecule has 5 heteroatoms. The van der Waals surface area contributed by atoms with Crippen molar-refractivity contribution in [2.45, 2.75) is 6.54 Å². The van der Waals surface area contributed by atoms with Gasteiger partial charge in [-0.05, 0) is 36.4 Å². The van der Waals surface area contributed by atoms with Crippen LogP contribution < -0.4 is 5.56 Å². The third-order valence-electron chi connectivity index (χ3n) is 5.06. The van der Waals surface area contributed by atoms with Crippen molar-refractivity contribution in [1.29, 1.82) is 0 Å². The van der Waals surface area contributed by atoms with E-state index in [0.717, 1.165) is 49.5 Å². The van der Waals surface area contributed by atoms with Gasteiger partial charge < -0.3 is 4.90 Å². The predicted octanol–water partition coefficient (Wildman–Crippen LogP) is 2.65. The van der Waals surface area contributed by atoms with Gasteiger partial charge in [0.15, 0.2) is 0 Å². The molecule has 4 rings (SSSR count). The van der Waals surface area contributed by atoms with Gasteiger partial charge in [0.2, 0.25) is 0 Å². The Morgan fingerprint density at radius 1 is 0.889 bits per heavy atom. The Morgan fingerprint density at radius 2 is 1.67 bits per heavy atom. The lowest BCUT2D eigenvalue weighted by Gasteiger charge is -2.32. The Labute approximate surface area is 159 Å². The van der Waals surface area contributed by atoms with E-state index in [9.17, 15) is 4.79 Å². The molecule has 27 heavy (non-hydrogen) atoms. The molecule has 2 aromatic carbocycles. The SMILES string of the molecule is CN1CCN(Cc2cccc(-c3cnn(-c4ccccc4)c(=O)c3)c2)CC1. The smallest absolute Gasteiger partial charge is 0.272 e. The summed E-state index contributed by atoms with van der Waals surface area (Å²) in [5.41, 5.74) is 3.81. The van der Waals surface area contributed by atoms with Gasteiger partial charge in [-0.2, -0.15) is 9.78 Å². The lowest BCUT2D eigenvalue weighted by Crippen LogP contribution is -2.43. The summed E-state index contributed by atoms with van der Waals surface area (Å²) in [7, 11) is 2.17. The van der Waals surface area contributed by atoms with Gasteiger partial charge in [-0.25, -0.2) is 0 Å². The number of likely N-dealkylation sites (N-methyl/N-ethyl adjacent to an activating group) is 1. The van der Waals surface area contributed by atoms with Crippen LogP contribution in [0, 0.1) is 0 Å². The zero-order valence-corrected chi connectivity index (χ0v) is 15.6. The summed E-state index contributed by atoms with van der Waals surface area (Å²) in [6, 6.07) is 19.6. The number of para-hydroxylation sites is 1. The average molecular weight is 360 g/mol. The summed E-state index contributed by atoms with van der Waals surface area (Å²) in [5.74, 6) is 0.